The molecule has 158 valence electrons. The maximum Gasteiger partial charge on any atom is 0.336 e. The fourth-order valence-corrected chi connectivity index (χ4v) is 3.74. The van der Waals surface area contributed by atoms with Crippen LogP contribution in [0.4, 0.5) is 0 Å². The summed E-state index contributed by atoms with van der Waals surface area (Å²) in [6, 6.07) is 12.1. The smallest absolute Gasteiger partial charge is 0.336 e. The van der Waals surface area contributed by atoms with Gasteiger partial charge in [0.15, 0.2) is 11.5 Å². The maximum absolute atomic E-state index is 12.5. The van der Waals surface area contributed by atoms with E-state index in [9.17, 15) is 9.59 Å². The van der Waals surface area contributed by atoms with Crippen molar-refractivity contribution in [2.24, 2.45) is 0 Å². The van der Waals surface area contributed by atoms with Crippen LogP contribution in [0.1, 0.15) is 25.0 Å². The van der Waals surface area contributed by atoms with Gasteiger partial charge in [0.1, 0.15) is 23.0 Å². The lowest BCUT2D eigenvalue weighted by Gasteiger charge is -2.39. The Balaban J connectivity index is 1.34. The zero-order chi connectivity index (χ0) is 21.6. The van der Waals surface area contributed by atoms with Crippen molar-refractivity contribution in [1.29, 1.82) is 0 Å². The van der Waals surface area contributed by atoms with Gasteiger partial charge in [0.25, 0.3) is 0 Å². The lowest BCUT2D eigenvalue weighted by molar-refractivity contribution is -0.155. The molecule has 1 aromatic heterocycles. The highest BCUT2D eigenvalue weighted by Gasteiger charge is 2.39. The van der Waals surface area contributed by atoms with Crippen LogP contribution in [0.3, 0.4) is 0 Å². The number of esters is 1. The van der Waals surface area contributed by atoms with Crippen LogP contribution in [-0.4, -0.2) is 24.5 Å². The van der Waals surface area contributed by atoms with Gasteiger partial charge in [0, 0.05) is 30.0 Å². The van der Waals surface area contributed by atoms with E-state index >= 15 is 0 Å². The van der Waals surface area contributed by atoms with Gasteiger partial charge in [0.2, 0.25) is 6.79 Å². The number of hydrogen-bond acceptors (Lipinski definition) is 7. The Morgan fingerprint density at radius 3 is 2.77 bits per heavy atom. The molecule has 3 heterocycles. The van der Waals surface area contributed by atoms with Crippen LogP contribution >= 0.6 is 0 Å². The first kappa shape index (κ1) is 19.2. The summed E-state index contributed by atoms with van der Waals surface area (Å²) in [6.07, 6.45) is 3.06. The minimum absolute atomic E-state index is 0.199. The average molecular weight is 420 g/mol. The van der Waals surface area contributed by atoms with Gasteiger partial charge in [-0.2, -0.15) is 0 Å². The second-order valence-electron chi connectivity index (χ2n) is 8.03. The minimum atomic E-state index is -0.752. The molecule has 2 aliphatic rings. The zero-order valence-electron chi connectivity index (χ0n) is 17.0. The molecule has 2 aromatic carbocycles. The summed E-state index contributed by atoms with van der Waals surface area (Å²) in [4.78, 5) is 24.0. The monoisotopic (exact) mass is 420 g/mol. The van der Waals surface area contributed by atoms with Gasteiger partial charge in [-0.25, -0.2) is 9.59 Å². The number of carbonyl (C=O) groups is 1. The van der Waals surface area contributed by atoms with E-state index in [2.05, 4.69) is 0 Å². The highest BCUT2D eigenvalue weighted by Crippen LogP contribution is 2.37. The molecule has 0 amide bonds. The van der Waals surface area contributed by atoms with Crippen LogP contribution in [0.2, 0.25) is 0 Å². The van der Waals surface area contributed by atoms with Crippen molar-refractivity contribution >= 4 is 23.0 Å². The van der Waals surface area contributed by atoms with Gasteiger partial charge in [-0.15, -0.1) is 0 Å². The van der Waals surface area contributed by atoms with E-state index < -0.39 is 23.3 Å². The van der Waals surface area contributed by atoms with Crippen molar-refractivity contribution < 1.29 is 28.2 Å². The van der Waals surface area contributed by atoms with Crippen molar-refractivity contribution in [3.05, 3.63) is 70.1 Å². The molecule has 0 spiro atoms. The highest BCUT2D eigenvalue weighted by molar-refractivity contribution is 5.87. The lowest BCUT2D eigenvalue weighted by atomic mass is 9.90. The molecule has 3 aromatic rings. The first-order valence-corrected chi connectivity index (χ1v) is 9.91. The summed E-state index contributed by atoms with van der Waals surface area (Å²) < 4.78 is 27.7. The summed E-state index contributed by atoms with van der Waals surface area (Å²) in [5.41, 5.74) is 0.988. The largest absolute Gasteiger partial charge is 0.484 e. The number of ether oxygens (including phenoxy) is 4. The first-order chi connectivity index (χ1) is 14.9. The molecule has 2 aliphatic heterocycles. The van der Waals surface area contributed by atoms with E-state index in [1.165, 1.54) is 12.1 Å². The molecule has 7 heteroatoms. The van der Waals surface area contributed by atoms with Crippen LogP contribution in [-0.2, 0) is 16.0 Å². The van der Waals surface area contributed by atoms with E-state index in [1.807, 2.05) is 26.0 Å². The predicted octanol–water partition coefficient (Wildman–Crippen LogP) is 3.86. The lowest BCUT2D eigenvalue weighted by Crippen LogP contribution is -2.48. The molecule has 0 bridgehead atoms. The van der Waals surface area contributed by atoms with Gasteiger partial charge in [-0.3, -0.25) is 0 Å². The molecule has 1 atom stereocenters. The van der Waals surface area contributed by atoms with Crippen molar-refractivity contribution in [3.63, 3.8) is 0 Å². The van der Waals surface area contributed by atoms with Crippen LogP contribution in [0.25, 0.3) is 17.0 Å². The molecule has 0 aliphatic carbocycles. The molecule has 7 nitrogen and oxygen atoms in total. The maximum atomic E-state index is 12.5. The van der Waals surface area contributed by atoms with E-state index in [1.54, 1.807) is 30.3 Å². The molecule has 0 N–H and O–H groups in total. The Labute approximate surface area is 177 Å². The first-order valence-electron chi connectivity index (χ1n) is 9.91. The Hall–Kier alpha value is -3.74. The molecular weight excluding hydrogens is 400 g/mol. The number of benzene rings is 2. The summed E-state index contributed by atoms with van der Waals surface area (Å²) in [5.74, 6) is 1.49. The quantitative estimate of drug-likeness (QED) is 0.361. The normalized spacial score (nSPS) is 18.6. The topological polar surface area (TPSA) is 84.2 Å². The molecule has 0 radical (unpaired) electrons. The second kappa shape index (κ2) is 7.19. The van der Waals surface area contributed by atoms with Gasteiger partial charge in [-0.05, 0) is 55.3 Å². The summed E-state index contributed by atoms with van der Waals surface area (Å²) in [6.45, 7) is 3.92. The van der Waals surface area contributed by atoms with Gasteiger partial charge in [0.05, 0.1) is 0 Å². The molecule has 5 rings (SSSR count). The Bertz CT molecular complexity index is 1270. The second-order valence-corrected chi connectivity index (χ2v) is 8.03. The summed E-state index contributed by atoms with van der Waals surface area (Å²) in [5, 5.41) is 0.787. The average Bonchev–Trinajstić information content (AvgIpc) is 3.19. The minimum Gasteiger partial charge on any atom is -0.484 e. The van der Waals surface area contributed by atoms with E-state index in [0.29, 0.717) is 29.3 Å². The number of rotatable bonds is 3. The van der Waals surface area contributed by atoms with E-state index in [0.717, 1.165) is 16.5 Å². The zero-order valence-corrected chi connectivity index (χ0v) is 17.0. The van der Waals surface area contributed by atoms with Crippen molar-refractivity contribution in [3.8, 4) is 17.2 Å². The van der Waals surface area contributed by atoms with Crippen LogP contribution in [0.15, 0.2) is 57.8 Å². The SMILES string of the molecule is CC1(C)Oc2cc3oc(=O)ccc3cc2C[C@@H]1OC(=O)/C=C/c1ccc2c(c1)OCO2. The van der Waals surface area contributed by atoms with Crippen molar-refractivity contribution in [2.45, 2.75) is 32.0 Å². The van der Waals surface area contributed by atoms with Crippen molar-refractivity contribution in [1.82, 2.24) is 0 Å². The van der Waals surface area contributed by atoms with Gasteiger partial charge < -0.3 is 23.4 Å². The van der Waals surface area contributed by atoms with Crippen LogP contribution in [0.5, 0.6) is 17.2 Å². The third-order valence-electron chi connectivity index (χ3n) is 5.42. The Morgan fingerprint density at radius 1 is 1.06 bits per heavy atom. The molecule has 31 heavy (non-hydrogen) atoms. The number of fused-ring (bicyclic) bond motifs is 3. The molecular formula is C24H20O7. The van der Waals surface area contributed by atoms with Crippen molar-refractivity contribution in [2.75, 3.05) is 6.79 Å². The fraction of sp³-hybridized carbons (Fsp3) is 0.250. The molecule has 0 saturated heterocycles. The third kappa shape index (κ3) is 3.74. The summed E-state index contributed by atoms with van der Waals surface area (Å²) >= 11 is 0. The van der Waals surface area contributed by atoms with Gasteiger partial charge >= 0.3 is 11.6 Å². The van der Waals surface area contributed by atoms with Gasteiger partial charge in [-0.1, -0.05) is 6.07 Å². The van der Waals surface area contributed by atoms with E-state index in [4.69, 9.17) is 23.4 Å². The van der Waals surface area contributed by atoms with E-state index in [-0.39, 0.29) is 6.79 Å². The Morgan fingerprint density at radius 2 is 1.90 bits per heavy atom. The van der Waals surface area contributed by atoms with Crippen LogP contribution < -0.4 is 19.8 Å². The van der Waals surface area contributed by atoms with Crippen LogP contribution in [0, 0.1) is 0 Å². The molecule has 0 fully saturated rings. The summed E-state index contributed by atoms with van der Waals surface area (Å²) in [7, 11) is 0. The molecule has 0 saturated carbocycles. The predicted molar refractivity (Wildman–Crippen MR) is 112 cm³/mol. The molecule has 0 unspecified atom stereocenters. The standard InChI is InChI=1S/C24H20O7/c1-24(2)21(11-16-10-15-5-8-22(25)29-18(15)12-19(16)31-24)30-23(26)7-4-14-3-6-17-20(9-14)28-13-27-17/h3-10,12,21H,11,13H2,1-2H3/b7-4+/t21-/m0/s1. The number of carbonyl (C=O) groups excluding carboxylic acids is 1. The fourth-order valence-electron chi connectivity index (χ4n) is 3.74. The third-order valence-corrected chi connectivity index (χ3v) is 5.42. The highest BCUT2D eigenvalue weighted by atomic mass is 16.7. The number of hydrogen-bond donors (Lipinski definition) is 0. The Kier molecular flexibility index (Phi) is 4.46.